The van der Waals surface area contributed by atoms with E-state index in [9.17, 15) is 5.11 Å². The maximum atomic E-state index is 9.66. The van der Waals surface area contributed by atoms with Crippen LogP contribution in [0.4, 0.5) is 0 Å². The van der Waals surface area contributed by atoms with Gasteiger partial charge in [-0.15, -0.1) is 0 Å². The highest BCUT2D eigenvalue weighted by atomic mass is 16.8. The van der Waals surface area contributed by atoms with E-state index in [1.165, 1.54) is 38.5 Å². The van der Waals surface area contributed by atoms with Gasteiger partial charge in [0, 0.05) is 0 Å². The van der Waals surface area contributed by atoms with Gasteiger partial charge in [0.2, 0.25) is 0 Å². The molecule has 5 nitrogen and oxygen atoms in total. The fraction of sp³-hybridized carbons (Fsp3) is 1.00. The van der Waals surface area contributed by atoms with Gasteiger partial charge in [-0.05, 0) is 34.1 Å². The van der Waals surface area contributed by atoms with Crippen LogP contribution in [0.15, 0.2) is 0 Å². The van der Waals surface area contributed by atoms with Crippen LogP contribution in [-0.4, -0.2) is 47.7 Å². The molecule has 0 aromatic heterocycles. The van der Waals surface area contributed by atoms with Crippen molar-refractivity contribution in [2.45, 2.75) is 122 Å². The molecule has 2 rings (SSSR count). The number of ether oxygens (including phenoxy) is 4. The molecule has 0 radical (unpaired) electrons. The van der Waals surface area contributed by atoms with Gasteiger partial charge in [0.15, 0.2) is 11.6 Å². The summed E-state index contributed by atoms with van der Waals surface area (Å²) in [6.45, 7) is 9.82. The van der Waals surface area contributed by atoms with E-state index in [0.29, 0.717) is 0 Å². The molecule has 5 heteroatoms. The number of aliphatic hydroxyl groups is 1. The van der Waals surface area contributed by atoms with Crippen molar-refractivity contribution in [1.29, 1.82) is 0 Å². The van der Waals surface area contributed by atoms with E-state index < -0.39 is 11.6 Å². The van der Waals surface area contributed by atoms with Gasteiger partial charge in [-0.1, -0.05) is 51.9 Å². The van der Waals surface area contributed by atoms with E-state index >= 15 is 0 Å². The smallest absolute Gasteiger partial charge is 0.164 e. The van der Waals surface area contributed by atoms with Gasteiger partial charge in [0.25, 0.3) is 0 Å². The summed E-state index contributed by atoms with van der Waals surface area (Å²) >= 11 is 0. The van der Waals surface area contributed by atoms with Crippen LogP contribution in [0.2, 0.25) is 0 Å². The molecular formula is C20H38O5. The average molecular weight is 359 g/mol. The molecule has 0 saturated carbocycles. The largest absolute Gasteiger partial charge is 0.394 e. The Hall–Kier alpha value is -0.200. The first-order valence-corrected chi connectivity index (χ1v) is 10.1. The van der Waals surface area contributed by atoms with Crippen molar-refractivity contribution in [2.75, 3.05) is 6.61 Å². The quantitative estimate of drug-likeness (QED) is 0.594. The normalized spacial score (nSPS) is 33.8. The molecule has 0 aromatic rings. The maximum absolute atomic E-state index is 9.66. The first kappa shape index (κ1) is 21.1. The molecule has 2 fully saturated rings. The number of rotatable bonds is 10. The van der Waals surface area contributed by atoms with Crippen molar-refractivity contribution < 1.29 is 24.1 Å². The van der Waals surface area contributed by atoms with Crippen LogP contribution >= 0.6 is 0 Å². The molecule has 0 aromatic carbocycles. The maximum Gasteiger partial charge on any atom is 0.164 e. The lowest BCUT2D eigenvalue weighted by Gasteiger charge is -2.25. The van der Waals surface area contributed by atoms with E-state index in [1.807, 2.05) is 27.7 Å². The van der Waals surface area contributed by atoms with Gasteiger partial charge < -0.3 is 24.1 Å². The zero-order valence-corrected chi connectivity index (χ0v) is 16.8. The van der Waals surface area contributed by atoms with Gasteiger partial charge in [-0.3, -0.25) is 0 Å². The third kappa shape index (κ3) is 6.17. The SMILES string of the molecule is CCCCCCCCC[C@@H]1OC(C)(C)O[C@H]1[C@H]1OC(C)(C)O[C@@H]1CO. The first-order valence-electron chi connectivity index (χ1n) is 10.1. The molecule has 25 heavy (non-hydrogen) atoms. The minimum atomic E-state index is -0.696. The summed E-state index contributed by atoms with van der Waals surface area (Å²) in [4.78, 5) is 0. The second-order valence-electron chi connectivity index (χ2n) is 8.37. The number of hydrogen-bond acceptors (Lipinski definition) is 5. The van der Waals surface area contributed by atoms with E-state index in [2.05, 4.69) is 6.92 Å². The van der Waals surface area contributed by atoms with E-state index in [1.54, 1.807) is 0 Å². The monoisotopic (exact) mass is 358 g/mol. The Morgan fingerprint density at radius 2 is 1.16 bits per heavy atom. The zero-order chi connectivity index (χ0) is 18.5. The fourth-order valence-electron chi connectivity index (χ4n) is 3.95. The Bertz CT molecular complexity index is 396. The van der Waals surface area contributed by atoms with Crippen LogP contribution < -0.4 is 0 Å². The standard InChI is InChI=1S/C20H38O5/c1-6-7-8-9-10-11-12-13-15-17(24-19(2,3)22-15)18-16(14-21)23-20(4,5)25-18/h15-18,21H,6-14H2,1-5H3/t15-,16+,17+,18-/m0/s1. The predicted molar refractivity (Wildman–Crippen MR) is 97.3 cm³/mol. The summed E-state index contributed by atoms with van der Waals surface area (Å²) < 4.78 is 24.1. The van der Waals surface area contributed by atoms with Crippen molar-refractivity contribution in [3.8, 4) is 0 Å². The average Bonchev–Trinajstić information content (AvgIpc) is 3.01. The summed E-state index contributed by atoms with van der Waals surface area (Å²) in [5.74, 6) is -1.31. The lowest BCUT2D eigenvalue weighted by molar-refractivity contribution is -0.175. The summed E-state index contributed by atoms with van der Waals surface area (Å²) in [5, 5.41) is 9.66. The lowest BCUT2D eigenvalue weighted by atomic mass is 9.98. The molecule has 0 spiro atoms. The molecule has 2 aliphatic heterocycles. The van der Waals surface area contributed by atoms with E-state index in [0.717, 1.165) is 12.8 Å². The molecule has 2 aliphatic rings. The van der Waals surface area contributed by atoms with Gasteiger partial charge in [-0.2, -0.15) is 0 Å². The minimum Gasteiger partial charge on any atom is -0.394 e. The van der Waals surface area contributed by atoms with Crippen LogP contribution in [0.1, 0.15) is 86.0 Å². The molecule has 0 aliphatic carbocycles. The van der Waals surface area contributed by atoms with Gasteiger partial charge in [0.05, 0.1) is 12.7 Å². The van der Waals surface area contributed by atoms with Gasteiger partial charge in [0.1, 0.15) is 18.3 Å². The molecule has 4 atom stereocenters. The van der Waals surface area contributed by atoms with Crippen LogP contribution in [-0.2, 0) is 18.9 Å². The Kier molecular flexibility index (Phi) is 7.71. The summed E-state index contributed by atoms with van der Waals surface area (Å²) in [6, 6.07) is 0. The van der Waals surface area contributed by atoms with E-state index in [-0.39, 0.29) is 31.0 Å². The minimum absolute atomic E-state index is 0.0119. The van der Waals surface area contributed by atoms with Crippen molar-refractivity contribution >= 4 is 0 Å². The highest BCUT2D eigenvalue weighted by molar-refractivity contribution is 4.95. The number of aliphatic hydroxyl groups excluding tert-OH is 1. The summed E-state index contributed by atoms with van der Waals surface area (Å²) in [7, 11) is 0. The molecular weight excluding hydrogens is 320 g/mol. The zero-order valence-electron chi connectivity index (χ0n) is 16.8. The molecule has 0 bridgehead atoms. The van der Waals surface area contributed by atoms with Crippen LogP contribution in [0.3, 0.4) is 0 Å². The molecule has 0 amide bonds. The van der Waals surface area contributed by atoms with Crippen molar-refractivity contribution in [2.24, 2.45) is 0 Å². The third-order valence-electron chi connectivity index (χ3n) is 5.04. The Labute approximate surface area is 153 Å². The molecule has 148 valence electrons. The van der Waals surface area contributed by atoms with Crippen LogP contribution in [0.5, 0.6) is 0 Å². The van der Waals surface area contributed by atoms with Crippen molar-refractivity contribution in [3.63, 3.8) is 0 Å². The molecule has 0 unspecified atom stereocenters. The lowest BCUT2D eigenvalue weighted by Crippen LogP contribution is -2.43. The number of hydrogen-bond donors (Lipinski definition) is 1. The van der Waals surface area contributed by atoms with Crippen molar-refractivity contribution in [1.82, 2.24) is 0 Å². The molecule has 1 N–H and O–H groups in total. The highest BCUT2D eigenvalue weighted by Gasteiger charge is 2.53. The van der Waals surface area contributed by atoms with Crippen LogP contribution in [0, 0.1) is 0 Å². The highest BCUT2D eigenvalue weighted by Crippen LogP contribution is 2.39. The summed E-state index contributed by atoms with van der Waals surface area (Å²) in [6.07, 6.45) is 9.03. The first-order chi connectivity index (χ1) is 11.8. The van der Waals surface area contributed by atoms with Gasteiger partial charge >= 0.3 is 0 Å². The summed E-state index contributed by atoms with van der Waals surface area (Å²) in [5.41, 5.74) is 0. The van der Waals surface area contributed by atoms with Gasteiger partial charge in [-0.25, -0.2) is 0 Å². The Morgan fingerprint density at radius 3 is 1.72 bits per heavy atom. The Balaban J connectivity index is 1.85. The van der Waals surface area contributed by atoms with Crippen molar-refractivity contribution in [3.05, 3.63) is 0 Å². The third-order valence-corrected chi connectivity index (χ3v) is 5.04. The fourth-order valence-corrected chi connectivity index (χ4v) is 3.95. The second-order valence-corrected chi connectivity index (χ2v) is 8.37. The second kappa shape index (κ2) is 9.14. The molecule has 2 saturated heterocycles. The predicted octanol–water partition coefficient (Wildman–Crippen LogP) is 4.16. The number of unbranched alkanes of at least 4 members (excludes halogenated alkanes) is 6. The van der Waals surface area contributed by atoms with Crippen LogP contribution in [0.25, 0.3) is 0 Å². The Morgan fingerprint density at radius 1 is 0.680 bits per heavy atom. The topological polar surface area (TPSA) is 57.2 Å². The van der Waals surface area contributed by atoms with E-state index in [4.69, 9.17) is 18.9 Å². The molecule has 2 heterocycles.